The van der Waals surface area contributed by atoms with Crippen molar-refractivity contribution in [3.05, 3.63) is 11.8 Å². The van der Waals surface area contributed by atoms with Gasteiger partial charge in [-0.1, -0.05) is 0 Å². The highest BCUT2D eigenvalue weighted by atomic mass is 16.2. The lowest BCUT2D eigenvalue weighted by Gasteiger charge is -2.56. The zero-order valence-electron chi connectivity index (χ0n) is 20.3. The Balaban J connectivity index is 1.10. The molecule has 1 aliphatic heterocycles. The van der Waals surface area contributed by atoms with E-state index in [1.54, 1.807) is 0 Å². The molecule has 0 unspecified atom stereocenters. The van der Waals surface area contributed by atoms with Gasteiger partial charge in [-0.3, -0.25) is 14.6 Å². The summed E-state index contributed by atoms with van der Waals surface area (Å²) in [5.41, 5.74) is -0.0799. The largest absolute Gasteiger partial charge is 0.323 e. The summed E-state index contributed by atoms with van der Waals surface area (Å²) in [5.74, 6) is 5.34. The molecule has 0 saturated heterocycles. The van der Waals surface area contributed by atoms with Crippen LogP contribution < -0.4 is 10.6 Å². The predicted octanol–water partition coefficient (Wildman–Crippen LogP) is 4.73. The van der Waals surface area contributed by atoms with E-state index in [0.717, 1.165) is 79.7 Å². The van der Waals surface area contributed by atoms with E-state index in [0.29, 0.717) is 5.84 Å². The van der Waals surface area contributed by atoms with Crippen LogP contribution in [0.15, 0.2) is 16.8 Å². The normalized spacial score (nSPS) is 47.9. The van der Waals surface area contributed by atoms with Gasteiger partial charge >= 0.3 is 0 Å². The molecule has 2 N–H and O–H groups in total. The molecule has 8 fully saturated rings. The molecule has 0 radical (unpaired) electrons. The topological polar surface area (TPSA) is 70.6 Å². The van der Waals surface area contributed by atoms with Crippen LogP contribution in [-0.4, -0.2) is 23.2 Å². The van der Waals surface area contributed by atoms with E-state index in [2.05, 4.69) is 10.6 Å². The summed E-state index contributed by atoms with van der Waals surface area (Å²) in [7, 11) is 0. The van der Waals surface area contributed by atoms with Gasteiger partial charge in [-0.05, 0) is 132 Å². The monoisotopic (exact) mass is 449 g/mol. The second kappa shape index (κ2) is 6.73. The highest BCUT2D eigenvalue weighted by molar-refractivity contribution is 6.12. The van der Waals surface area contributed by atoms with Crippen molar-refractivity contribution in [2.24, 2.45) is 51.3 Å². The fraction of sp³-hybridized carbons (Fsp3) is 0.821. The third-order valence-electron chi connectivity index (χ3n) is 10.7. The standard InChI is InChI=1S/C28H39N3O2/c1-26(2)15-22(29-24(32)27-9-16-3-17(10-27)5-18(4-16)11-27)23(31-26)30-25(33)28-12-19-6-20(13-28)8-21(7-19)14-28/h15-21H,3-14H2,1-2H3,(H,29,32)(H,30,31,33). The molecule has 178 valence electrons. The molecule has 1 heterocycles. The third-order valence-corrected chi connectivity index (χ3v) is 10.7. The molecule has 5 heteroatoms. The maximum Gasteiger partial charge on any atom is 0.231 e. The Labute approximate surface area is 197 Å². The molecule has 0 atom stereocenters. The third kappa shape index (κ3) is 3.27. The van der Waals surface area contributed by atoms with Gasteiger partial charge in [0.05, 0.1) is 22.1 Å². The van der Waals surface area contributed by atoms with Crippen molar-refractivity contribution in [1.82, 2.24) is 10.6 Å². The van der Waals surface area contributed by atoms with E-state index < -0.39 is 5.54 Å². The van der Waals surface area contributed by atoms with Crippen LogP contribution in [0.3, 0.4) is 0 Å². The van der Waals surface area contributed by atoms with Crippen LogP contribution in [0.5, 0.6) is 0 Å². The summed E-state index contributed by atoms with van der Waals surface area (Å²) in [4.78, 5) is 32.2. The molecule has 8 bridgehead atoms. The number of amidine groups is 1. The Bertz CT molecular complexity index is 827. The number of carbonyl (C=O) groups is 2. The van der Waals surface area contributed by atoms with Crippen molar-refractivity contribution in [2.45, 2.75) is 96.4 Å². The molecule has 8 aliphatic carbocycles. The first-order chi connectivity index (χ1) is 15.7. The molecule has 0 aromatic carbocycles. The van der Waals surface area contributed by atoms with Crippen molar-refractivity contribution < 1.29 is 9.59 Å². The Morgan fingerprint density at radius 1 is 0.697 bits per heavy atom. The first-order valence-electron chi connectivity index (χ1n) is 13.7. The molecule has 9 rings (SSSR count). The van der Waals surface area contributed by atoms with Crippen LogP contribution in [0.2, 0.25) is 0 Å². The van der Waals surface area contributed by atoms with Gasteiger partial charge in [-0.25, -0.2) is 0 Å². The highest BCUT2D eigenvalue weighted by Crippen LogP contribution is 2.61. The molecule has 0 spiro atoms. The van der Waals surface area contributed by atoms with Crippen molar-refractivity contribution in [3.63, 3.8) is 0 Å². The van der Waals surface area contributed by atoms with E-state index in [4.69, 9.17) is 4.99 Å². The maximum absolute atomic E-state index is 13.7. The van der Waals surface area contributed by atoms with Gasteiger partial charge in [-0.2, -0.15) is 0 Å². The van der Waals surface area contributed by atoms with Crippen LogP contribution in [-0.2, 0) is 9.59 Å². The van der Waals surface area contributed by atoms with Crippen molar-refractivity contribution >= 4 is 17.6 Å². The molecule has 8 saturated carbocycles. The molecular weight excluding hydrogens is 410 g/mol. The second-order valence-electron chi connectivity index (χ2n) is 14.0. The minimum absolute atomic E-state index is 0.160. The van der Waals surface area contributed by atoms with E-state index in [-0.39, 0.29) is 22.6 Å². The Morgan fingerprint density at radius 2 is 1.06 bits per heavy atom. The quantitative estimate of drug-likeness (QED) is 0.654. The summed E-state index contributed by atoms with van der Waals surface area (Å²) in [6, 6.07) is 0. The number of nitrogens with zero attached hydrogens (tertiary/aromatic N) is 1. The average Bonchev–Trinajstić information content (AvgIpc) is 2.98. The second-order valence-corrected chi connectivity index (χ2v) is 14.0. The van der Waals surface area contributed by atoms with Gasteiger partial charge in [0.2, 0.25) is 11.8 Å². The number of hydrogen-bond acceptors (Lipinski definition) is 3. The molecule has 0 aromatic rings. The molecule has 5 nitrogen and oxygen atoms in total. The number of carbonyl (C=O) groups excluding carboxylic acids is 2. The Morgan fingerprint density at radius 3 is 1.45 bits per heavy atom. The summed E-state index contributed by atoms with van der Waals surface area (Å²) < 4.78 is 0. The van der Waals surface area contributed by atoms with E-state index >= 15 is 0 Å². The summed E-state index contributed by atoms with van der Waals surface area (Å²) >= 11 is 0. The molecule has 9 aliphatic rings. The van der Waals surface area contributed by atoms with Gasteiger partial charge in [-0.15, -0.1) is 0 Å². The van der Waals surface area contributed by atoms with E-state index in [1.807, 2.05) is 19.9 Å². The van der Waals surface area contributed by atoms with Crippen LogP contribution in [0.25, 0.3) is 0 Å². The van der Waals surface area contributed by atoms with E-state index in [9.17, 15) is 9.59 Å². The zero-order valence-corrected chi connectivity index (χ0v) is 20.3. The van der Waals surface area contributed by atoms with Crippen molar-refractivity contribution in [3.8, 4) is 0 Å². The first-order valence-corrected chi connectivity index (χ1v) is 13.7. The lowest BCUT2D eigenvalue weighted by atomic mass is 9.49. The number of nitrogens with one attached hydrogen (secondary N) is 2. The van der Waals surface area contributed by atoms with E-state index in [1.165, 1.54) is 38.5 Å². The SMILES string of the molecule is CC1(C)C=C(NC(=O)C23CC4CC(CC(C4)C2)C3)C(NC(=O)C23CC4CC(CC(C4)C2)C3)=N1. The average molecular weight is 450 g/mol. The van der Waals surface area contributed by atoms with Crippen LogP contribution in [0.1, 0.15) is 90.9 Å². The van der Waals surface area contributed by atoms with Gasteiger partial charge < -0.3 is 10.6 Å². The highest BCUT2D eigenvalue weighted by Gasteiger charge is 2.56. The lowest BCUT2D eigenvalue weighted by molar-refractivity contribution is -0.146. The molecular formula is C28H39N3O2. The Kier molecular flexibility index (Phi) is 4.22. The van der Waals surface area contributed by atoms with Crippen molar-refractivity contribution in [2.75, 3.05) is 0 Å². The van der Waals surface area contributed by atoms with Gasteiger partial charge in [0, 0.05) is 0 Å². The van der Waals surface area contributed by atoms with Crippen molar-refractivity contribution in [1.29, 1.82) is 0 Å². The number of aliphatic imine (C=N–C) groups is 1. The minimum Gasteiger partial charge on any atom is -0.323 e. The lowest BCUT2D eigenvalue weighted by Crippen LogP contribution is -2.56. The predicted molar refractivity (Wildman–Crippen MR) is 127 cm³/mol. The first kappa shape index (κ1) is 20.7. The van der Waals surface area contributed by atoms with Crippen LogP contribution >= 0.6 is 0 Å². The fourth-order valence-electron chi connectivity index (χ4n) is 10.3. The molecule has 33 heavy (non-hydrogen) atoms. The van der Waals surface area contributed by atoms with Crippen LogP contribution in [0, 0.1) is 46.3 Å². The van der Waals surface area contributed by atoms with Gasteiger partial charge in [0.25, 0.3) is 0 Å². The summed E-state index contributed by atoms with van der Waals surface area (Å²) in [5, 5.41) is 6.55. The number of hydrogen-bond donors (Lipinski definition) is 2. The summed E-state index contributed by atoms with van der Waals surface area (Å²) in [6.07, 6.45) is 16.3. The molecule has 0 aromatic heterocycles. The smallest absolute Gasteiger partial charge is 0.231 e. The van der Waals surface area contributed by atoms with Crippen LogP contribution in [0.4, 0.5) is 0 Å². The summed E-state index contributed by atoms with van der Waals surface area (Å²) in [6.45, 7) is 4.10. The van der Waals surface area contributed by atoms with Gasteiger partial charge in [0.1, 0.15) is 0 Å². The maximum atomic E-state index is 13.7. The minimum atomic E-state index is -0.409. The zero-order chi connectivity index (χ0) is 22.6. The molecule has 2 amide bonds. The fourth-order valence-corrected chi connectivity index (χ4v) is 10.3. The number of rotatable bonds is 3. The number of amides is 2. The Hall–Kier alpha value is -1.65. The van der Waals surface area contributed by atoms with Gasteiger partial charge in [0.15, 0.2) is 5.84 Å².